The van der Waals surface area contributed by atoms with Gasteiger partial charge in [0, 0.05) is 35.5 Å². The summed E-state index contributed by atoms with van der Waals surface area (Å²) in [6, 6.07) is 20.9. The number of nitrogens with one attached hydrogen (secondary N) is 1. The Labute approximate surface area is 181 Å². The monoisotopic (exact) mass is 422 g/mol. The van der Waals surface area contributed by atoms with Crippen molar-refractivity contribution in [2.24, 2.45) is 0 Å². The van der Waals surface area contributed by atoms with Crippen molar-refractivity contribution in [1.82, 2.24) is 4.90 Å². The summed E-state index contributed by atoms with van der Waals surface area (Å²) in [5, 5.41) is 3.67. The van der Waals surface area contributed by atoms with E-state index in [4.69, 9.17) is 21.1 Å². The third-order valence-electron chi connectivity index (χ3n) is 5.33. The van der Waals surface area contributed by atoms with E-state index in [9.17, 15) is 4.79 Å². The van der Waals surface area contributed by atoms with Crippen LogP contribution in [-0.2, 0) is 6.42 Å². The van der Waals surface area contributed by atoms with E-state index in [-0.39, 0.29) is 12.1 Å². The summed E-state index contributed by atoms with van der Waals surface area (Å²) in [6.07, 6.45) is 0.801. The van der Waals surface area contributed by atoms with E-state index in [0.29, 0.717) is 28.8 Å². The fraction of sp³-hybridized carbons (Fsp3) is 0.208. The minimum absolute atomic E-state index is 0.181. The van der Waals surface area contributed by atoms with E-state index in [1.165, 1.54) is 5.56 Å². The lowest BCUT2D eigenvalue weighted by molar-refractivity contribution is 0.194. The largest absolute Gasteiger partial charge is 0.497 e. The zero-order valence-electron chi connectivity index (χ0n) is 16.9. The van der Waals surface area contributed by atoms with Crippen molar-refractivity contribution in [2.75, 3.05) is 26.1 Å². The molecule has 0 spiro atoms. The summed E-state index contributed by atoms with van der Waals surface area (Å²) in [4.78, 5) is 15.2. The van der Waals surface area contributed by atoms with E-state index in [0.717, 1.165) is 17.5 Å². The van der Waals surface area contributed by atoms with E-state index in [1.807, 2.05) is 41.3 Å². The van der Waals surface area contributed by atoms with Crippen LogP contribution in [0.3, 0.4) is 0 Å². The van der Waals surface area contributed by atoms with Crippen LogP contribution in [0.15, 0.2) is 66.7 Å². The van der Waals surface area contributed by atoms with Gasteiger partial charge in [-0.05, 0) is 35.2 Å². The van der Waals surface area contributed by atoms with Crippen LogP contribution in [-0.4, -0.2) is 31.7 Å². The summed E-state index contributed by atoms with van der Waals surface area (Å²) in [7, 11) is 3.16. The number of fused-ring (bicyclic) bond motifs is 1. The standard InChI is InChI=1S/C24H23ClN2O3/c1-29-20-13-19(14-21(15-20)30-2)26-24(28)27-12-11-16-5-3-4-6-22(16)23(27)17-7-9-18(25)10-8-17/h3-10,13-15,23H,11-12H2,1-2H3,(H,26,28)/t23-/m1/s1. The van der Waals surface area contributed by atoms with Crippen LogP contribution >= 0.6 is 11.6 Å². The van der Waals surface area contributed by atoms with Crippen molar-refractivity contribution in [3.8, 4) is 11.5 Å². The molecule has 0 unspecified atom stereocenters. The topological polar surface area (TPSA) is 50.8 Å². The Morgan fingerprint density at radius 1 is 1.00 bits per heavy atom. The number of hydrogen-bond acceptors (Lipinski definition) is 3. The highest BCUT2D eigenvalue weighted by Crippen LogP contribution is 2.36. The van der Waals surface area contributed by atoms with Crippen molar-refractivity contribution >= 4 is 23.3 Å². The average Bonchev–Trinajstić information content (AvgIpc) is 2.78. The lowest BCUT2D eigenvalue weighted by Crippen LogP contribution is -2.43. The van der Waals surface area contributed by atoms with Gasteiger partial charge in [0.05, 0.1) is 20.3 Å². The fourth-order valence-electron chi connectivity index (χ4n) is 3.86. The zero-order valence-corrected chi connectivity index (χ0v) is 17.6. The molecule has 1 aliphatic heterocycles. The van der Waals surface area contributed by atoms with E-state index < -0.39 is 0 Å². The molecule has 0 aliphatic carbocycles. The molecule has 5 nitrogen and oxygen atoms in total. The number of anilines is 1. The molecule has 0 radical (unpaired) electrons. The van der Waals surface area contributed by atoms with Gasteiger partial charge in [-0.15, -0.1) is 0 Å². The molecule has 2 amide bonds. The summed E-state index contributed by atoms with van der Waals surface area (Å²) < 4.78 is 10.6. The lowest BCUT2D eigenvalue weighted by atomic mass is 9.88. The van der Waals surface area contributed by atoms with Gasteiger partial charge in [-0.25, -0.2) is 4.79 Å². The van der Waals surface area contributed by atoms with Gasteiger partial charge in [0.1, 0.15) is 11.5 Å². The lowest BCUT2D eigenvalue weighted by Gasteiger charge is -2.37. The van der Waals surface area contributed by atoms with Crippen molar-refractivity contribution in [1.29, 1.82) is 0 Å². The molecular weight excluding hydrogens is 400 g/mol. The summed E-state index contributed by atoms with van der Waals surface area (Å²) in [5.74, 6) is 1.23. The van der Waals surface area contributed by atoms with Crippen molar-refractivity contribution < 1.29 is 14.3 Å². The van der Waals surface area contributed by atoms with E-state index in [2.05, 4.69) is 17.4 Å². The van der Waals surface area contributed by atoms with Crippen LogP contribution in [0.25, 0.3) is 0 Å². The second kappa shape index (κ2) is 8.67. The number of ether oxygens (including phenoxy) is 2. The predicted octanol–water partition coefficient (Wildman–Crippen LogP) is 5.54. The minimum atomic E-state index is -0.195. The van der Waals surface area contributed by atoms with Gasteiger partial charge < -0.3 is 19.7 Å². The normalized spacial score (nSPS) is 15.3. The molecule has 1 atom stereocenters. The Bertz CT molecular complexity index is 1030. The maximum Gasteiger partial charge on any atom is 0.322 e. The van der Waals surface area contributed by atoms with Crippen molar-refractivity contribution in [2.45, 2.75) is 12.5 Å². The third kappa shape index (κ3) is 4.07. The first-order valence-electron chi connectivity index (χ1n) is 9.73. The zero-order chi connectivity index (χ0) is 21.1. The molecule has 1 heterocycles. The SMILES string of the molecule is COc1cc(NC(=O)N2CCc3ccccc3[C@H]2c2ccc(Cl)cc2)cc(OC)c1. The third-order valence-corrected chi connectivity index (χ3v) is 5.58. The van der Waals surface area contributed by atoms with Crippen LogP contribution in [0.1, 0.15) is 22.7 Å². The van der Waals surface area contributed by atoms with Crippen LogP contribution in [0.2, 0.25) is 5.02 Å². The van der Waals surface area contributed by atoms with Crippen LogP contribution in [0.5, 0.6) is 11.5 Å². The molecule has 3 aromatic rings. The molecule has 154 valence electrons. The number of methoxy groups -OCH3 is 2. The quantitative estimate of drug-likeness (QED) is 0.600. The molecule has 0 aromatic heterocycles. The highest BCUT2D eigenvalue weighted by molar-refractivity contribution is 6.30. The Balaban J connectivity index is 1.68. The number of rotatable bonds is 4. The molecule has 1 aliphatic rings. The predicted molar refractivity (Wildman–Crippen MR) is 119 cm³/mol. The number of carbonyl (C=O) groups excluding carboxylic acids is 1. The number of halogens is 1. The number of benzene rings is 3. The molecule has 0 saturated heterocycles. The van der Waals surface area contributed by atoms with Crippen LogP contribution in [0.4, 0.5) is 10.5 Å². The fourth-order valence-corrected chi connectivity index (χ4v) is 3.99. The Morgan fingerprint density at radius 2 is 1.67 bits per heavy atom. The van der Waals surface area contributed by atoms with Gasteiger partial charge in [-0.3, -0.25) is 0 Å². The van der Waals surface area contributed by atoms with Gasteiger partial charge in [-0.1, -0.05) is 48.0 Å². The number of amides is 2. The Kier molecular flexibility index (Phi) is 5.81. The number of urea groups is 1. The average molecular weight is 423 g/mol. The molecule has 6 heteroatoms. The molecule has 30 heavy (non-hydrogen) atoms. The highest BCUT2D eigenvalue weighted by Gasteiger charge is 2.32. The van der Waals surface area contributed by atoms with Gasteiger partial charge in [0.2, 0.25) is 0 Å². The molecule has 0 bridgehead atoms. The maximum atomic E-state index is 13.3. The smallest absolute Gasteiger partial charge is 0.322 e. The number of hydrogen-bond donors (Lipinski definition) is 1. The highest BCUT2D eigenvalue weighted by atomic mass is 35.5. The molecular formula is C24H23ClN2O3. The minimum Gasteiger partial charge on any atom is -0.497 e. The van der Waals surface area contributed by atoms with Gasteiger partial charge >= 0.3 is 6.03 Å². The number of nitrogens with zero attached hydrogens (tertiary/aromatic N) is 1. The molecule has 3 aromatic carbocycles. The van der Waals surface area contributed by atoms with Gasteiger partial charge in [0.15, 0.2) is 0 Å². The molecule has 1 N–H and O–H groups in total. The second-order valence-corrected chi connectivity index (χ2v) is 7.56. The van der Waals surface area contributed by atoms with Crippen LogP contribution < -0.4 is 14.8 Å². The summed E-state index contributed by atoms with van der Waals surface area (Å²) >= 11 is 6.10. The number of carbonyl (C=O) groups is 1. The summed E-state index contributed by atoms with van der Waals surface area (Å²) in [6.45, 7) is 0.608. The Hall–Kier alpha value is -3.18. The van der Waals surface area contributed by atoms with Crippen molar-refractivity contribution in [3.05, 3.63) is 88.4 Å². The second-order valence-electron chi connectivity index (χ2n) is 7.13. The summed E-state index contributed by atoms with van der Waals surface area (Å²) in [5.41, 5.74) is 4.02. The maximum absolute atomic E-state index is 13.3. The van der Waals surface area contributed by atoms with E-state index in [1.54, 1.807) is 32.4 Å². The first kappa shape index (κ1) is 20.1. The van der Waals surface area contributed by atoms with Crippen molar-refractivity contribution in [3.63, 3.8) is 0 Å². The first-order chi connectivity index (χ1) is 14.6. The molecule has 0 saturated carbocycles. The van der Waals surface area contributed by atoms with Gasteiger partial charge in [-0.2, -0.15) is 0 Å². The molecule has 4 rings (SSSR count). The van der Waals surface area contributed by atoms with Crippen LogP contribution in [0, 0.1) is 0 Å². The van der Waals surface area contributed by atoms with Gasteiger partial charge in [0.25, 0.3) is 0 Å². The van der Waals surface area contributed by atoms with E-state index >= 15 is 0 Å². The Morgan fingerprint density at radius 3 is 2.33 bits per heavy atom. The molecule has 0 fully saturated rings. The first-order valence-corrected chi connectivity index (χ1v) is 10.1.